The highest BCUT2D eigenvalue weighted by atomic mass is 16.6. The second-order valence-electron chi connectivity index (χ2n) is 7.15. The van der Waals surface area contributed by atoms with E-state index in [1.54, 1.807) is 0 Å². The van der Waals surface area contributed by atoms with Gasteiger partial charge in [-0.3, -0.25) is 0 Å². The van der Waals surface area contributed by atoms with E-state index in [4.69, 9.17) is 0 Å². The molecule has 1 aromatic rings. The van der Waals surface area contributed by atoms with Crippen LogP contribution in [0.4, 0.5) is 5.82 Å². The van der Waals surface area contributed by atoms with E-state index in [9.17, 15) is 10.1 Å². The molecular formula is C17H27N3O2. The lowest BCUT2D eigenvalue weighted by atomic mass is 9.86. The van der Waals surface area contributed by atoms with Gasteiger partial charge in [0.05, 0.1) is 0 Å². The maximum atomic E-state index is 11.3. The summed E-state index contributed by atoms with van der Waals surface area (Å²) in [6.07, 6.45) is 14.3. The van der Waals surface area contributed by atoms with Crippen LogP contribution in [0.15, 0.2) is 0 Å². The molecular weight excluding hydrogens is 278 g/mol. The van der Waals surface area contributed by atoms with Gasteiger partial charge in [-0.1, -0.05) is 51.4 Å². The van der Waals surface area contributed by atoms with Crippen LogP contribution >= 0.6 is 0 Å². The normalized spacial score (nSPS) is 21.1. The summed E-state index contributed by atoms with van der Waals surface area (Å²) >= 11 is 0. The second-order valence-corrected chi connectivity index (χ2v) is 7.15. The van der Waals surface area contributed by atoms with E-state index in [2.05, 4.69) is 9.97 Å². The summed E-state index contributed by atoms with van der Waals surface area (Å²) in [7, 11) is 0. The average Bonchev–Trinajstić information content (AvgIpc) is 2.92. The van der Waals surface area contributed by atoms with Crippen molar-refractivity contribution < 1.29 is 4.92 Å². The standard InChI is InChI=1S/C17H27N3O2/c21-20(22)17-15(11-13-7-3-1-4-8-13)18-16(19-17)12-14-9-5-2-6-10-14/h13-14H,1-12H2,(H,18,19). The molecule has 0 aliphatic heterocycles. The summed E-state index contributed by atoms with van der Waals surface area (Å²) in [6.45, 7) is 0. The molecule has 1 N–H and O–H groups in total. The Hall–Kier alpha value is -1.39. The molecule has 1 heterocycles. The molecule has 0 saturated heterocycles. The van der Waals surface area contributed by atoms with Crippen molar-refractivity contribution >= 4 is 5.82 Å². The molecule has 0 atom stereocenters. The highest BCUT2D eigenvalue weighted by Gasteiger charge is 2.25. The van der Waals surface area contributed by atoms with E-state index in [0.717, 1.165) is 18.7 Å². The number of nitrogens with zero attached hydrogens (tertiary/aromatic N) is 2. The number of rotatable bonds is 5. The molecule has 22 heavy (non-hydrogen) atoms. The van der Waals surface area contributed by atoms with Gasteiger partial charge in [0.1, 0.15) is 5.69 Å². The van der Waals surface area contributed by atoms with Crippen molar-refractivity contribution in [3.63, 3.8) is 0 Å². The quantitative estimate of drug-likeness (QED) is 0.640. The maximum Gasteiger partial charge on any atom is 0.343 e. The van der Waals surface area contributed by atoms with Crippen LogP contribution in [-0.2, 0) is 12.8 Å². The Kier molecular flexibility index (Phi) is 5.11. The maximum absolute atomic E-state index is 11.3. The molecule has 3 rings (SSSR count). The van der Waals surface area contributed by atoms with Gasteiger partial charge in [0, 0.05) is 12.8 Å². The summed E-state index contributed by atoms with van der Waals surface area (Å²) in [6, 6.07) is 0. The molecule has 2 fully saturated rings. The lowest BCUT2D eigenvalue weighted by Crippen LogP contribution is -2.11. The highest BCUT2D eigenvalue weighted by molar-refractivity contribution is 5.29. The molecule has 1 aromatic heterocycles. The first-order valence-corrected chi connectivity index (χ1v) is 8.94. The molecule has 5 nitrogen and oxygen atoms in total. The Balaban J connectivity index is 1.68. The topological polar surface area (TPSA) is 71.8 Å². The minimum absolute atomic E-state index is 0.149. The number of aromatic nitrogens is 2. The summed E-state index contributed by atoms with van der Waals surface area (Å²) in [5, 5.41) is 11.3. The number of imidazole rings is 1. The molecule has 5 heteroatoms. The predicted molar refractivity (Wildman–Crippen MR) is 85.8 cm³/mol. The van der Waals surface area contributed by atoms with Crippen LogP contribution in [0, 0.1) is 22.0 Å². The van der Waals surface area contributed by atoms with E-state index in [-0.39, 0.29) is 10.7 Å². The first-order valence-electron chi connectivity index (χ1n) is 8.94. The second kappa shape index (κ2) is 7.25. The van der Waals surface area contributed by atoms with Gasteiger partial charge in [-0.25, -0.2) is 9.97 Å². The van der Waals surface area contributed by atoms with Crippen molar-refractivity contribution in [3.8, 4) is 0 Å². The number of hydrogen-bond donors (Lipinski definition) is 1. The number of nitro groups is 1. The van der Waals surface area contributed by atoms with E-state index in [1.807, 2.05) is 0 Å². The van der Waals surface area contributed by atoms with Crippen molar-refractivity contribution in [3.05, 3.63) is 21.6 Å². The Morgan fingerprint density at radius 2 is 1.50 bits per heavy atom. The van der Waals surface area contributed by atoms with Crippen molar-refractivity contribution in [2.24, 2.45) is 11.8 Å². The number of nitrogens with one attached hydrogen (secondary N) is 1. The van der Waals surface area contributed by atoms with Crippen LogP contribution in [0.3, 0.4) is 0 Å². The van der Waals surface area contributed by atoms with Crippen LogP contribution in [0.2, 0.25) is 0 Å². The number of aromatic amines is 1. The van der Waals surface area contributed by atoms with E-state index in [0.29, 0.717) is 17.5 Å². The monoisotopic (exact) mass is 305 g/mol. The molecule has 2 aliphatic carbocycles. The molecule has 0 spiro atoms. The Bertz CT molecular complexity index is 500. The average molecular weight is 305 g/mol. The van der Waals surface area contributed by atoms with Gasteiger partial charge in [0.25, 0.3) is 0 Å². The largest absolute Gasteiger partial charge is 0.358 e. The van der Waals surface area contributed by atoms with Gasteiger partial charge >= 0.3 is 5.82 Å². The first-order chi connectivity index (χ1) is 10.7. The van der Waals surface area contributed by atoms with Gasteiger partial charge in [-0.2, -0.15) is 0 Å². The summed E-state index contributed by atoms with van der Waals surface area (Å²) < 4.78 is 0. The predicted octanol–water partition coefficient (Wildman–Crippen LogP) is 4.56. The van der Waals surface area contributed by atoms with Gasteiger partial charge in [0.15, 0.2) is 5.82 Å². The van der Waals surface area contributed by atoms with Crippen LogP contribution in [0.1, 0.15) is 75.7 Å². The van der Waals surface area contributed by atoms with Crippen molar-refractivity contribution in [1.82, 2.24) is 9.97 Å². The lowest BCUT2D eigenvalue weighted by Gasteiger charge is -2.20. The zero-order chi connectivity index (χ0) is 15.4. The molecule has 0 unspecified atom stereocenters. The summed E-state index contributed by atoms with van der Waals surface area (Å²) in [4.78, 5) is 18.7. The van der Waals surface area contributed by atoms with Crippen molar-refractivity contribution in [2.45, 2.75) is 77.0 Å². The van der Waals surface area contributed by atoms with E-state index < -0.39 is 0 Å². The summed E-state index contributed by atoms with van der Waals surface area (Å²) in [5.41, 5.74) is 0.697. The third kappa shape index (κ3) is 3.87. The summed E-state index contributed by atoms with van der Waals surface area (Å²) in [5.74, 6) is 2.22. The zero-order valence-corrected chi connectivity index (χ0v) is 13.4. The van der Waals surface area contributed by atoms with Crippen LogP contribution in [-0.4, -0.2) is 14.9 Å². The van der Waals surface area contributed by atoms with Crippen LogP contribution in [0.25, 0.3) is 0 Å². The highest BCUT2D eigenvalue weighted by Crippen LogP contribution is 2.31. The number of H-pyrrole nitrogens is 1. The first kappa shape index (κ1) is 15.5. The van der Waals surface area contributed by atoms with Crippen LogP contribution in [0.5, 0.6) is 0 Å². The molecule has 2 aliphatic rings. The Labute approximate surface area is 132 Å². The van der Waals surface area contributed by atoms with Gasteiger partial charge in [0.2, 0.25) is 0 Å². The van der Waals surface area contributed by atoms with Crippen molar-refractivity contribution in [1.29, 1.82) is 0 Å². The molecule has 0 bridgehead atoms. The fourth-order valence-corrected chi connectivity index (χ4v) is 4.17. The fourth-order valence-electron chi connectivity index (χ4n) is 4.17. The third-order valence-electron chi connectivity index (χ3n) is 5.40. The smallest absolute Gasteiger partial charge is 0.343 e. The van der Waals surface area contributed by atoms with Gasteiger partial charge < -0.3 is 10.1 Å². The SMILES string of the molecule is O=[N+]([O-])c1[nH]c(CC2CCCCC2)nc1CC1CCCCC1. The minimum atomic E-state index is -0.282. The minimum Gasteiger partial charge on any atom is -0.358 e. The molecule has 0 amide bonds. The van der Waals surface area contributed by atoms with E-state index >= 15 is 0 Å². The molecule has 0 radical (unpaired) electrons. The van der Waals surface area contributed by atoms with Gasteiger partial charge in [-0.15, -0.1) is 0 Å². The fraction of sp³-hybridized carbons (Fsp3) is 0.824. The number of hydrogen-bond acceptors (Lipinski definition) is 3. The van der Waals surface area contributed by atoms with E-state index in [1.165, 1.54) is 64.2 Å². The Morgan fingerprint density at radius 1 is 0.955 bits per heavy atom. The molecule has 122 valence electrons. The Morgan fingerprint density at radius 3 is 2.05 bits per heavy atom. The van der Waals surface area contributed by atoms with Crippen LogP contribution < -0.4 is 0 Å². The zero-order valence-electron chi connectivity index (χ0n) is 13.4. The molecule has 2 saturated carbocycles. The van der Waals surface area contributed by atoms with Crippen molar-refractivity contribution in [2.75, 3.05) is 0 Å². The van der Waals surface area contributed by atoms with Gasteiger partial charge in [-0.05, 0) is 29.6 Å². The lowest BCUT2D eigenvalue weighted by molar-refractivity contribution is -0.390. The third-order valence-corrected chi connectivity index (χ3v) is 5.40. The molecule has 0 aromatic carbocycles.